The minimum Gasteiger partial charge on any atom is -0.265 e. The average Bonchev–Trinajstić information content (AvgIpc) is 3.08. The predicted octanol–water partition coefficient (Wildman–Crippen LogP) is 2.85. The smallest absolute Gasteiger partial charge is 0.181 e. The van der Waals surface area contributed by atoms with Gasteiger partial charge in [0.2, 0.25) is 0 Å². The molecule has 0 spiro atoms. The lowest BCUT2D eigenvalue weighted by molar-refractivity contribution is 0.693. The Morgan fingerprint density at radius 2 is 1.46 bits per heavy atom. The van der Waals surface area contributed by atoms with E-state index in [1.807, 2.05) is 47.3 Å². The van der Waals surface area contributed by atoms with E-state index in [1.165, 1.54) is 0 Å². The van der Waals surface area contributed by atoms with Gasteiger partial charge in [0.15, 0.2) is 11.6 Å². The van der Waals surface area contributed by atoms with Gasteiger partial charge in [-0.3, -0.25) is 15.0 Å². The molecule has 0 amide bonds. The fraction of sp³-hybridized carbons (Fsp3) is 0.0556. The first-order valence-electron chi connectivity index (χ1n) is 7.55. The molecule has 4 aromatic rings. The molecule has 0 aliphatic carbocycles. The molecule has 0 saturated heterocycles. The molecule has 0 unspecified atom stereocenters. The summed E-state index contributed by atoms with van der Waals surface area (Å²) >= 11 is 0. The summed E-state index contributed by atoms with van der Waals surface area (Å²) in [6, 6.07) is 11.6. The van der Waals surface area contributed by atoms with Crippen molar-refractivity contribution < 1.29 is 0 Å². The van der Waals surface area contributed by atoms with Gasteiger partial charge in [0.05, 0.1) is 6.54 Å². The third-order valence-electron chi connectivity index (χ3n) is 3.60. The maximum atomic E-state index is 4.72. The van der Waals surface area contributed by atoms with Crippen molar-refractivity contribution in [3.05, 3.63) is 79.1 Å². The van der Waals surface area contributed by atoms with Crippen molar-refractivity contribution in [3.8, 4) is 22.8 Å². The molecule has 24 heavy (non-hydrogen) atoms. The maximum absolute atomic E-state index is 4.72. The largest absolute Gasteiger partial charge is 0.265 e. The van der Waals surface area contributed by atoms with Crippen LogP contribution in [-0.2, 0) is 6.54 Å². The Morgan fingerprint density at radius 1 is 0.750 bits per heavy atom. The Labute approximate surface area is 138 Å². The van der Waals surface area contributed by atoms with Crippen molar-refractivity contribution in [2.75, 3.05) is 0 Å². The molecule has 0 saturated carbocycles. The second-order valence-corrected chi connectivity index (χ2v) is 5.25. The van der Waals surface area contributed by atoms with Gasteiger partial charge in [-0.25, -0.2) is 9.67 Å². The standard InChI is InChI=1S/C18H14N6/c1-2-14(12-21-7-1)13-24-18(16-5-10-20-11-6-16)22-17(23-24)15-3-8-19-9-4-15/h1-12H,13H2. The summed E-state index contributed by atoms with van der Waals surface area (Å²) < 4.78 is 1.89. The summed E-state index contributed by atoms with van der Waals surface area (Å²) in [6.07, 6.45) is 10.6. The van der Waals surface area contributed by atoms with Crippen molar-refractivity contribution in [2.24, 2.45) is 0 Å². The Kier molecular flexibility index (Phi) is 3.77. The monoisotopic (exact) mass is 314 g/mol. The van der Waals surface area contributed by atoms with Crippen LogP contribution in [0.3, 0.4) is 0 Å². The zero-order valence-electron chi connectivity index (χ0n) is 12.8. The van der Waals surface area contributed by atoms with Crippen LogP contribution in [0.2, 0.25) is 0 Å². The van der Waals surface area contributed by atoms with Crippen LogP contribution < -0.4 is 0 Å². The van der Waals surface area contributed by atoms with Gasteiger partial charge in [0.25, 0.3) is 0 Å². The van der Waals surface area contributed by atoms with Gasteiger partial charge in [0.1, 0.15) is 0 Å². The van der Waals surface area contributed by atoms with Crippen molar-refractivity contribution in [2.45, 2.75) is 6.54 Å². The van der Waals surface area contributed by atoms with Crippen LogP contribution in [0, 0.1) is 0 Å². The van der Waals surface area contributed by atoms with E-state index in [0.717, 1.165) is 22.5 Å². The molecule has 0 radical (unpaired) electrons. The van der Waals surface area contributed by atoms with E-state index in [9.17, 15) is 0 Å². The van der Waals surface area contributed by atoms with E-state index in [-0.39, 0.29) is 0 Å². The highest BCUT2D eigenvalue weighted by molar-refractivity contribution is 5.61. The van der Waals surface area contributed by atoms with Crippen LogP contribution in [0.1, 0.15) is 5.56 Å². The van der Waals surface area contributed by atoms with Crippen LogP contribution in [-0.4, -0.2) is 29.7 Å². The highest BCUT2D eigenvalue weighted by Crippen LogP contribution is 2.22. The molecule has 4 rings (SSSR count). The molecule has 6 heteroatoms. The first-order valence-corrected chi connectivity index (χ1v) is 7.55. The van der Waals surface area contributed by atoms with Crippen LogP contribution in [0.5, 0.6) is 0 Å². The summed E-state index contributed by atoms with van der Waals surface area (Å²) in [7, 11) is 0. The average molecular weight is 314 g/mol. The molecule has 116 valence electrons. The Hall–Kier alpha value is -3.41. The Morgan fingerprint density at radius 3 is 2.12 bits per heavy atom. The Bertz CT molecular complexity index is 920. The van der Waals surface area contributed by atoms with E-state index >= 15 is 0 Å². The summed E-state index contributed by atoms with van der Waals surface area (Å²) in [6.45, 7) is 0.601. The Balaban J connectivity index is 1.80. The molecule has 0 bridgehead atoms. The minimum absolute atomic E-state index is 0.601. The number of pyridine rings is 3. The van der Waals surface area contributed by atoms with Crippen LogP contribution in [0.15, 0.2) is 73.6 Å². The van der Waals surface area contributed by atoms with Gasteiger partial charge >= 0.3 is 0 Å². The van der Waals surface area contributed by atoms with E-state index in [1.54, 1.807) is 31.0 Å². The normalized spacial score (nSPS) is 10.7. The summed E-state index contributed by atoms with van der Waals surface area (Å²) in [5.41, 5.74) is 2.98. The first-order chi connectivity index (χ1) is 11.9. The van der Waals surface area contributed by atoms with Gasteiger partial charge in [-0.1, -0.05) is 6.07 Å². The second kappa shape index (κ2) is 6.37. The molecule has 4 heterocycles. The molecule has 0 aromatic carbocycles. The van der Waals surface area contributed by atoms with E-state index in [0.29, 0.717) is 12.4 Å². The zero-order chi connectivity index (χ0) is 16.2. The molecule has 6 nitrogen and oxygen atoms in total. The first kappa shape index (κ1) is 14.2. The van der Waals surface area contributed by atoms with Gasteiger partial charge in [-0.2, -0.15) is 5.10 Å². The van der Waals surface area contributed by atoms with Crippen LogP contribution >= 0.6 is 0 Å². The fourth-order valence-corrected chi connectivity index (χ4v) is 2.45. The van der Waals surface area contributed by atoms with E-state index in [4.69, 9.17) is 4.98 Å². The third-order valence-corrected chi connectivity index (χ3v) is 3.60. The van der Waals surface area contributed by atoms with Gasteiger partial charge in [-0.15, -0.1) is 0 Å². The van der Waals surface area contributed by atoms with Gasteiger partial charge in [-0.05, 0) is 35.9 Å². The molecule has 0 aliphatic rings. The van der Waals surface area contributed by atoms with Gasteiger partial charge in [0, 0.05) is 48.3 Å². The highest BCUT2D eigenvalue weighted by Gasteiger charge is 2.13. The molecule has 0 aliphatic heterocycles. The van der Waals surface area contributed by atoms with Crippen molar-refractivity contribution in [3.63, 3.8) is 0 Å². The number of aromatic nitrogens is 6. The number of hydrogen-bond acceptors (Lipinski definition) is 5. The summed E-state index contributed by atoms with van der Waals surface area (Å²) in [5.74, 6) is 1.47. The van der Waals surface area contributed by atoms with Crippen molar-refractivity contribution in [1.29, 1.82) is 0 Å². The number of nitrogens with zero attached hydrogens (tertiary/aromatic N) is 6. The zero-order valence-corrected chi connectivity index (χ0v) is 12.8. The third kappa shape index (κ3) is 2.89. The highest BCUT2D eigenvalue weighted by atomic mass is 15.3. The van der Waals surface area contributed by atoms with Crippen LogP contribution in [0.25, 0.3) is 22.8 Å². The second-order valence-electron chi connectivity index (χ2n) is 5.25. The van der Waals surface area contributed by atoms with Crippen LogP contribution in [0.4, 0.5) is 0 Å². The summed E-state index contributed by atoms with van der Waals surface area (Å²) in [4.78, 5) is 17.0. The van der Waals surface area contributed by atoms with Crippen molar-refractivity contribution >= 4 is 0 Å². The molecule has 0 fully saturated rings. The molecular formula is C18H14N6. The number of rotatable bonds is 4. The van der Waals surface area contributed by atoms with Crippen molar-refractivity contribution in [1.82, 2.24) is 29.7 Å². The van der Waals surface area contributed by atoms with Gasteiger partial charge < -0.3 is 0 Å². The SMILES string of the molecule is c1cncc(Cn2nc(-c3ccncc3)nc2-c2ccncc2)c1. The fourth-order valence-electron chi connectivity index (χ4n) is 2.45. The van der Waals surface area contributed by atoms with E-state index < -0.39 is 0 Å². The molecule has 4 aromatic heterocycles. The predicted molar refractivity (Wildman–Crippen MR) is 89.8 cm³/mol. The van der Waals surface area contributed by atoms with E-state index in [2.05, 4.69) is 20.1 Å². The minimum atomic E-state index is 0.601. The quantitative estimate of drug-likeness (QED) is 0.579. The topological polar surface area (TPSA) is 69.4 Å². The summed E-state index contributed by atoms with van der Waals surface area (Å²) in [5, 5.41) is 4.68. The lowest BCUT2D eigenvalue weighted by Gasteiger charge is -2.05. The lowest BCUT2D eigenvalue weighted by Crippen LogP contribution is -2.04. The number of hydrogen-bond donors (Lipinski definition) is 0. The lowest BCUT2D eigenvalue weighted by atomic mass is 10.2. The molecular weight excluding hydrogens is 300 g/mol. The molecule has 0 atom stereocenters. The molecule has 0 N–H and O–H groups in total. The maximum Gasteiger partial charge on any atom is 0.181 e.